The van der Waals surface area contributed by atoms with Gasteiger partial charge in [0.15, 0.2) is 5.78 Å². The minimum atomic E-state index is -6.13. The summed E-state index contributed by atoms with van der Waals surface area (Å²) in [5.74, 6) is -2.23. The Kier molecular flexibility index (Phi) is 3.99. The minimum absolute atomic E-state index is 0.236. The van der Waals surface area contributed by atoms with Crippen molar-refractivity contribution < 1.29 is 40.2 Å². The Morgan fingerprint density at radius 2 is 1.92 bits per heavy atom. The van der Waals surface area contributed by atoms with E-state index < -0.39 is 48.9 Å². The molecule has 0 spiro atoms. The van der Waals surface area contributed by atoms with Crippen LogP contribution in [-0.2, 0) is 10.1 Å². The van der Waals surface area contributed by atoms with Crippen LogP contribution in [0.15, 0.2) is 12.1 Å². The lowest BCUT2D eigenvalue weighted by Crippen LogP contribution is -2.36. The van der Waals surface area contributed by atoms with Crippen LogP contribution in [0, 0.1) is 10.1 Å². The van der Waals surface area contributed by atoms with Crippen LogP contribution in [-0.4, -0.2) is 30.2 Å². The molecule has 0 aliphatic carbocycles. The van der Waals surface area contributed by atoms with Gasteiger partial charge in [0, 0.05) is 0 Å². The highest BCUT2D eigenvalue weighted by molar-refractivity contribution is 7.88. The number of ether oxygens (including phenoxy) is 1. The van der Waals surface area contributed by atoms with Crippen LogP contribution < -0.4 is 8.92 Å². The van der Waals surface area contributed by atoms with Crippen LogP contribution in [0.1, 0.15) is 30.6 Å². The lowest BCUT2D eigenvalue weighted by molar-refractivity contribution is -0.385. The average molecular weight is 369 g/mol. The molecule has 1 heterocycles. The first kappa shape index (κ1) is 18.0. The van der Waals surface area contributed by atoms with Gasteiger partial charge in [-0.25, -0.2) is 0 Å². The monoisotopic (exact) mass is 369 g/mol. The fourth-order valence-corrected chi connectivity index (χ4v) is 2.60. The first-order valence-electron chi connectivity index (χ1n) is 6.29. The highest BCUT2D eigenvalue weighted by Gasteiger charge is 2.50. The number of Topliss-reactive ketones (excluding diaryl/α,β-unsaturated/α-hetero) is 1. The average Bonchev–Trinajstić information content (AvgIpc) is 2.35. The van der Waals surface area contributed by atoms with Crippen molar-refractivity contribution in [2.75, 3.05) is 0 Å². The summed E-state index contributed by atoms with van der Waals surface area (Å²) in [6.45, 7) is 3.08. The van der Waals surface area contributed by atoms with Gasteiger partial charge in [-0.1, -0.05) is 0 Å². The van der Waals surface area contributed by atoms with Gasteiger partial charge in [-0.15, -0.1) is 0 Å². The number of carbonyl (C=O) groups excluding carboxylic acids is 1. The van der Waals surface area contributed by atoms with Crippen LogP contribution in [0.3, 0.4) is 0 Å². The third-order valence-electron chi connectivity index (χ3n) is 3.02. The Bertz CT molecular complexity index is 830. The van der Waals surface area contributed by atoms with Gasteiger partial charge in [0.25, 0.3) is 0 Å². The van der Waals surface area contributed by atoms with Gasteiger partial charge >= 0.3 is 21.3 Å². The fraction of sp³-hybridized carbons (Fsp3) is 0.417. The van der Waals surface area contributed by atoms with E-state index in [0.717, 1.165) is 6.07 Å². The summed E-state index contributed by atoms with van der Waals surface area (Å²) in [6, 6.07) is 1.58. The Hall–Kier alpha value is -2.37. The highest BCUT2D eigenvalue weighted by atomic mass is 32.2. The first-order chi connectivity index (χ1) is 10.8. The molecule has 0 aromatic heterocycles. The maximum atomic E-state index is 12.4. The predicted octanol–water partition coefficient (Wildman–Crippen LogP) is 2.57. The SMILES string of the molecule is CC1(C)CC(=O)c2c(ccc(OS(=O)(=O)C(F)(F)F)c2[N+](=O)[O-])O1. The molecule has 1 aromatic carbocycles. The molecule has 12 heteroatoms. The van der Waals surface area contributed by atoms with Crippen molar-refractivity contribution in [2.45, 2.75) is 31.4 Å². The zero-order chi connectivity index (χ0) is 18.5. The number of alkyl halides is 3. The number of nitro groups is 1. The maximum absolute atomic E-state index is 12.4. The number of ketones is 1. The lowest BCUT2D eigenvalue weighted by Gasteiger charge is -2.31. The van der Waals surface area contributed by atoms with Crippen molar-refractivity contribution in [3.8, 4) is 11.5 Å². The topological polar surface area (TPSA) is 113 Å². The van der Waals surface area contributed by atoms with Crippen molar-refractivity contribution in [1.82, 2.24) is 0 Å². The number of fused-ring (bicyclic) bond motifs is 1. The smallest absolute Gasteiger partial charge is 0.486 e. The zero-order valence-corrected chi connectivity index (χ0v) is 13.0. The minimum Gasteiger partial charge on any atom is -0.486 e. The molecule has 1 aliphatic heterocycles. The predicted molar refractivity (Wildman–Crippen MR) is 72.4 cm³/mol. The van der Waals surface area contributed by atoms with E-state index in [9.17, 15) is 36.5 Å². The third-order valence-corrected chi connectivity index (χ3v) is 3.99. The van der Waals surface area contributed by atoms with Gasteiger partial charge in [0.1, 0.15) is 16.9 Å². The Balaban J connectivity index is 2.64. The van der Waals surface area contributed by atoms with E-state index in [1.54, 1.807) is 0 Å². The van der Waals surface area contributed by atoms with Gasteiger partial charge in [-0.2, -0.15) is 21.6 Å². The molecule has 132 valence electrons. The van der Waals surface area contributed by atoms with E-state index in [4.69, 9.17) is 4.74 Å². The summed E-state index contributed by atoms with van der Waals surface area (Å²) >= 11 is 0. The van der Waals surface area contributed by atoms with E-state index >= 15 is 0 Å². The molecule has 0 saturated carbocycles. The molecule has 0 unspecified atom stereocenters. The van der Waals surface area contributed by atoms with Crippen molar-refractivity contribution in [1.29, 1.82) is 0 Å². The number of hydrogen-bond acceptors (Lipinski definition) is 7. The third kappa shape index (κ3) is 3.13. The van der Waals surface area contributed by atoms with E-state index in [1.165, 1.54) is 13.8 Å². The molecule has 8 nitrogen and oxygen atoms in total. The van der Waals surface area contributed by atoms with Crippen molar-refractivity contribution in [3.63, 3.8) is 0 Å². The largest absolute Gasteiger partial charge is 0.534 e. The summed E-state index contributed by atoms with van der Waals surface area (Å²) < 4.78 is 68.5. The molecule has 0 N–H and O–H groups in total. The van der Waals surface area contributed by atoms with E-state index in [2.05, 4.69) is 4.18 Å². The quantitative estimate of drug-likeness (QED) is 0.348. The number of nitro benzene ring substituents is 1. The summed E-state index contributed by atoms with van der Waals surface area (Å²) in [6.07, 6.45) is -0.281. The molecule has 1 aliphatic rings. The number of benzene rings is 1. The molecule has 0 saturated heterocycles. The van der Waals surface area contributed by atoms with Crippen LogP contribution in [0.5, 0.6) is 11.5 Å². The summed E-state index contributed by atoms with van der Waals surface area (Å²) in [7, 11) is -6.13. The van der Waals surface area contributed by atoms with Crippen molar-refractivity contribution >= 4 is 21.6 Å². The molecule has 2 rings (SSSR count). The molecule has 0 atom stereocenters. The molecule has 0 fully saturated rings. The van der Waals surface area contributed by atoms with E-state index in [-0.39, 0.29) is 12.2 Å². The fourth-order valence-electron chi connectivity index (χ4n) is 2.13. The molecule has 1 aromatic rings. The number of hydrogen-bond donors (Lipinski definition) is 0. The molecule has 0 bridgehead atoms. The Morgan fingerprint density at radius 1 is 1.33 bits per heavy atom. The van der Waals surface area contributed by atoms with Crippen LogP contribution in [0.2, 0.25) is 0 Å². The second-order valence-corrected chi connectivity index (χ2v) is 7.03. The molecular formula is C12H10F3NO7S. The second kappa shape index (κ2) is 5.33. The Labute approximate surface area is 133 Å². The number of carbonyl (C=O) groups is 1. The van der Waals surface area contributed by atoms with Crippen LogP contribution in [0.4, 0.5) is 18.9 Å². The maximum Gasteiger partial charge on any atom is 0.534 e. The lowest BCUT2D eigenvalue weighted by atomic mass is 9.92. The van der Waals surface area contributed by atoms with Gasteiger partial charge in [0.05, 0.1) is 11.3 Å². The Morgan fingerprint density at radius 3 is 2.42 bits per heavy atom. The summed E-state index contributed by atoms with van der Waals surface area (Å²) in [5.41, 5.74) is -8.58. The van der Waals surface area contributed by atoms with Gasteiger partial charge in [-0.3, -0.25) is 14.9 Å². The zero-order valence-electron chi connectivity index (χ0n) is 12.2. The van der Waals surface area contributed by atoms with Crippen LogP contribution in [0.25, 0.3) is 0 Å². The molecule has 0 radical (unpaired) electrons. The first-order valence-corrected chi connectivity index (χ1v) is 7.70. The molecule has 0 amide bonds. The van der Waals surface area contributed by atoms with Crippen LogP contribution >= 0.6 is 0 Å². The highest BCUT2D eigenvalue weighted by Crippen LogP contribution is 2.44. The van der Waals surface area contributed by atoms with E-state index in [1.807, 2.05) is 0 Å². The number of nitrogens with zero attached hydrogens (tertiary/aromatic N) is 1. The van der Waals surface area contributed by atoms with Gasteiger partial charge < -0.3 is 8.92 Å². The van der Waals surface area contributed by atoms with Crippen molar-refractivity contribution in [2.24, 2.45) is 0 Å². The number of rotatable bonds is 3. The van der Waals surface area contributed by atoms with E-state index in [0.29, 0.717) is 6.07 Å². The summed E-state index contributed by atoms with van der Waals surface area (Å²) in [4.78, 5) is 22.1. The molecule has 24 heavy (non-hydrogen) atoms. The summed E-state index contributed by atoms with van der Waals surface area (Å²) in [5, 5.41) is 11.2. The van der Waals surface area contributed by atoms with Gasteiger partial charge in [-0.05, 0) is 26.0 Å². The standard InChI is InChI=1S/C12H10F3NO7S/c1-11(2)5-6(17)9-7(22-11)3-4-8(10(9)16(18)19)23-24(20,21)12(13,14)15/h3-4H,5H2,1-2H3. The van der Waals surface area contributed by atoms with Crippen molar-refractivity contribution in [3.05, 3.63) is 27.8 Å². The molecular weight excluding hydrogens is 359 g/mol. The van der Waals surface area contributed by atoms with Gasteiger partial charge in [0.2, 0.25) is 5.75 Å². The number of halogens is 3. The second-order valence-electron chi connectivity index (χ2n) is 5.49. The normalized spacial score (nSPS) is 17.0.